The summed E-state index contributed by atoms with van der Waals surface area (Å²) in [6, 6.07) is 0. The summed E-state index contributed by atoms with van der Waals surface area (Å²) in [6.07, 6.45) is 3.39. The number of piperidine rings is 1. The van der Waals surface area contributed by atoms with E-state index in [1.165, 1.54) is 6.42 Å². The molecule has 5 heteroatoms. The van der Waals surface area contributed by atoms with Crippen LogP contribution < -0.4 is 5.32 Å². The zero-order valence-corrected chi connectivity index (χ0v) is 11.4. The minimum absolute atomic E-state index is 0.0270. The normalized spacial score (nSPS) is 24.2. The van der Waals surface area contributed by atoms with Gasteiger partial charge in [0.2, 0.25) is 11.8 Å². The molecule has 0 bridgehead atoms. The van der Waals surface area contributed by atoms with Gasteiger partial charge in [0.15, 0.2) is 0 Å². The molecule has 0 aliphatic carbocycles. The average Bonchev–Trinajstić information content (AvgIpc) is 2.36. The van der Waals surface area contributed by atoms with Crippen LogP contribution in [0.5, 0.6) is 0 Å². The second-order valence-electron chi connectivity index (χ2n) is 5.72. The molecule has 0 aromatic heterocycles. The Labute approximate surface area is 108 Å². The molecule has 0 aromatic carbocycles. The third kappa shape index (κ3) is 2.83. The zero-order valence-electron chi connectivity index (χ0n) is 11.4. The number of carbonyl (C=O) groups is 2. The number of nitrogens with one attached hydrogen (secondary N) is 1. The highest BCUT2D eigenvalue weighted by atomic mass is 16.2. The van der Waals surface area contributed by atoms with Crippen LogP contribution in [-0.2, 0) is 9.59 Å². The summed E-state index contributed by atoms with van der Waals surface area (Å²) in [6.45, 7) is 7.06. The third-order valence-corrected chi connectivity index (χ3v) is 3.81. The van der Waals surface area contributed by atoms with Crippen molar-refractivity contribution < 1.29 is 9.59 Å². The van der Waals surface area contributed by atoms with Crippen molar-refractivity contribution in [1.82, 2.24) is 15.1 Å². The van der Waals surface area contributed by atoms with Gasteiger partial charge in [0.1, 0.15) is 0 Å². The highest BCUT2D eigenvalue weighted by Gasteiger charge is 2.36. The number of likely N-dealkylation sites (tertiary alicyclic amines) is 1. The number of rotatable bonds is 2. The number of hydrogen-bond acceptors (Lipinski definition) is 3. The molecular formula is C13H23N3O2. The van der Waals surface area contributed by atoms with E-state index in [9.17, 15) is 9.59 Å². The Morgan fingerprint density at radius 2 is 1.89 bits per heavy atom. The standard InChI is InChI=1S/C13H23N3O2/c1-13(2)12(18)16(9-6-14-13)10-11(17)15-7-4-3-5-8-15/h14H,3-10H2,1-2H3. The van der Waals surface area contributed by atoms with E-state index in [1.807, 2.05) is 18.7 Å². The van der Waals surface area contributed by atoms with Crippen LogP contribution in [0.25, 0.3) is 0 Å². The van der Waals surface area contributed by atoms with Crippen LogP contribution in [0.15, 0.2) is 0 Å². The second kappa shape index (κ2) is 5.26. The van der Waals surface area contributed by atoms with Crippen molar-refractivity contribution in [3.05, 3.63) is 0 Å². The summed E-state index contributed by atoms with van der Waals surface area (Å²) in [4.78, 5) is 27.9. The van der Waals surface area contributed by atoms with E-state index in [0.29, 0.717) is 6.54 Å². The molecule has 2 aliphatic rings. The van der Waals surface area contributed by atoms with Crippen molar-refractivity contribution in [3.8, 4) is 0 Å². The highest BCUT2D eigenvalue weighted by molar-refractivity contribution is 5.90. The zero-order chi connectivity index (χ0) is 13.2. The fraction of sp³-hybridized carbons (Fsp3) is 0.846. The molecule has 102 valence electrons. The molecule has 0 saturated carbocycles. The van der Waals surface area contributed by atoms with Gasteiger partial charge in [0.05, 0.1) is 12.1 Å². The van der Waals surface area contributed by atoms with Crippen molar-refractivity contribution >= 4 is 11.8 Å². The first-order valence-electron chi connectivity index (χ1n) is 6.83. The molecule has 0 spiro atoms. The van der Waals surface area contributed by atoms with Crippen molar-refractivity contribution in [2.75, 3.05) is 32.7 Å². The predicted octanol–water partition coefficient (Wildman–Crippen LogP) is 0.209. The van der Waals surface area contributed by atoms with E-state index >= 15 is 0 Å². The van der Waals surface area contributed by atoms with Crippen molar-refractivity contribution in [2.45, 2.75) is 38.6 Å². The third-order valence-electron chi connectivity index (χ3n) is 3.81. The lowest BCUT2D eigenvalue weighted by Crippen LogP contribution is -2.62. The Hall–Kier alpha value is -1.10. The molecule has 2 aliphatic heterocycles. The minimum Gasteiger partial charge on any atom is -0.341 e. The van der Waals surface area contributed by atoms with Crippen LogP contribution in [0, 0.1) is 0 Å². The van der Waals surface area contributed by atoms with Crippen LogP contribution in [0.4, 0.5) is 0 Å². The molecule has 0 aromatic rings. The predicted molar refractivity (Wildman–Crippen MR) is 69.1 cm³/mol. The van der Waals surface area contributed by atoms with Gasteiger partial charge >= 0.3 is 0 Å². The van der Waals surface area contributed by atoms with Gasteiger partial charge in [-0.25, -0.2) is 0 Å². The molecule has 2 rings (SSSR count). The molecular weight excluding hydrogens is 230 g/mol. The van der Waals surface area contributed by atoms with Gasteiger partial charge in [-0.2, -0.15) is 0 Å². The summed E-state index contributed by atoms with van der Waals surface area (Å²) in [5.41, 5.74) is -0.541. The maximum absolute atomic E-state index is 12.2. The molecule has 2 fully saturated rings. The van der Waals surface area contributed by atoms with Crippen molar-refractivity contribution in [2.24, 2.45) is 0 Å². The van der Waals surface area contributed by atoms with E-state index in [0.717, 1.165) is 32.5 Å². The first kappa shape index (κ1) is 13.3. The van der Waals surface area contributed by atoms with Crippen LogP contribution in [-0.4, -0.2) is 59.9 Å². The van der Waals surface area contributed by atoms with E-state index in [4.69, 9.17) is 0 Å². The molecule has 0 atom stereocenters. The quantitative estimate of drug-likeness (QED) is 0.765. The molecule has 18 heavy (non-hydrogen) atoms. The van der Waals surface area contributed by atoms with E-state index < -0.39 is 5.54 Å². The van der Waals surface area contributed by atoms with Crippen molar-refractivity contribution in [3.63, 3.8) is 0 Å². The smallest absolute Gasteiger partial charge is 0.242 e. The van der Waals surface area contributed by atoms with Crippen LogP contribution in [0.3, 0.4) is 0 Å². The molecule has 2 amide bonds. The number of amides is 2. The Bertz CT molecular complexity index is 335. The number of nitrogens with zero attached hydrogens (tertiary/aromatic N) is 2. The lowest BCUT2D eigenvalue weighted by Gasteiger charge is -2.38. The van der Waals surface area contributed by atoms with Gasteiger partial charge in [-0.1, -0.05) is 0 Å². The van der Waals surface area contributed by atoms with E-state index in [2.05, 4.69) is 5.32 Å². The lowest BCUT2D eigenvalue weighted by atomic mass is 10.0. The summed E-state index contributed by atoms with van der Waals surface area (Å²) < 4.78 is 0. The first-order chi connectivity index (χ1) is 8.50. The molecule has 0 unspecified atom stereocenters. The fourth-order valence-corrected chi connectivity index (χ4v) is 2.63. The van der Waals surface area contributed by atoms with Crippen molar-refractivity contribution in [1.29, 1.82) is 0 Å². The molecule has 0 radical (unpaired) electrons. The number of carbonyl (C=O) groups excluding carboxylic acids is 2. The average molecular weight is 253 g/mol. The summed E-state index contributed by atoms with van der Waals surface area (Å²) in [7, 11) is 0. The number of piperazine rings is 1. The SMILES string of the molecule is CC1(C)NCCN(CC(=O)N2CCCCC2)C1=O. The number of hydrogen-bond donors (Lipinski definition) is 1. The summed E-state index contributed by atoms with van der Waals surface area (Å²) in [5, 5.41) is 3.17. The maximum Gasteiger partial charge on any atom is 0.242 e. The summed E-state index contributed by atoms with van der Waals surface area (Å²) >= 11 is 0. The van der Waals surface area contributed by atoms with Crippen LogP contribution in [0.1, 0.15) is 33.1 Å². The molecule has 5 nitrogen and oxygen atoms in total. The first-order valence-corrected chi connectivity index (χ1v) is 6.83. The van der Waals surface area contributed by atoms with E-state index in [-0.39, 0.29) is 18.4 Å². The van der Waals surface area contributed by atoms with Gasteiger partial charge in [-0.3, -0.25) is 9.59 Å². The topological polar surface area (TPSA) is 52.7 Å². The monoisotopic (exact) mass is 253 g/mol. The summed E-state index contributed by atoms with van der Waals surface area (Å²) in [5.74, 6) is 0.125. The van der Waals surface area contributed by atoms with E-state index in [1.54, 1.807) is 4.90 Å². The Morgan fingerprint density at radius 3 is 2.56 bits per heavy atom. The molecule has 1 N–H and O–H groups in total. The van der Waals surface area contributed by atoms with Gasteiger partial charge < -0.3 is 15.1 Å². The van der Waals surface area contributed by atoms with Gasteiger partial charge in [-0.15, -0.1) is 0 Å². The largest absolute Gasteiger partial charge is 0.341 e. The Morgan fingerprint density at radius 1 is 1.22 bits per heavy atom. The molecule has 2 heterocycles. The van der Waals surface area contributed by atoms with Gasteiger partial charge in [0.25, 0.3) is 0 Å². The second-order valence-corrected chi connectivity index (χ2v) is 5.72. The Kier molecular flexibility index (Phi) is 3.90. The fourth-order valence-electron chi connectivity index (χ4n) is 2.63. The maximum atomic E-state index is 12.2. The molecule has 2 saturated heterocycles. The Balaban J connectivity index is 1.92. The van der Waals surface area contributed by atoms with Crippen LogP contribution >= 0.6 is 0 Å². The van der Waals surface area contributed by atoms with Crippen LogP contribution in [0.2, 0.25) is 0 Å². The lowest BCUT2D eigenvalue weighted by molar-refractivity contribution is -0.146. The highest BCUT2D eigenvalue weighted by Crippen LogP contribution is 2.14. The van der Waals surface area contributed by atoms with Gasteiger partial charge in [-0.05, 0) is 33.1 Å². The minimum atomic E-state index is -0.541. The van der Waals surface area contributed by atoms with Gasteiger partial charge in [0, 0.05) is 26.2 Å².